The maximum Gasteiger partial charge on any atom is 0.123 e. The average Bonchev–Trinajstić information content (AvgIpc) is 3.32. The molecule has 3 fully saturated rings. The second-order valence-electron chi connectivity index (χ2n) is 7.08. The second-order valence-corrected chi connectivity index (χ2v) is 7.08. The normalized spacial score (nSPS) is 31.1. The zero-order chi connectivity index (χ0) is 15.6. The first-order valence-corrected chi connectivity index (χ1v) is 8.94. The molecule has 0 spiro atoms. The van der Waals surface area contributed by atoms with Crippen LogP contribution in [-0.2, 0) is 16.0 Å². The average molecular weight is 317 g/mol. The van der Waals surface area contributed by atoms with Gasteiger partial charge in [-0.15, -0.1) is 0 Å². The van der Waals surface area contributed by atoms with Crippen LogP contribution in [0.2, 0.25) is 0 Å². The third-order valence-electron chi connectivity index (χ3n) is 5.46. The Morgan fingerprint density at radius 3 is 2.87 bits per heavy atom. The summed E-state index contributed by atoms with van der Waals surface area (Å²) in [6.07, 6.45) is 5.52. The van der Waals surface area contributed by atoms with Gasteiger partial charge in [-0.05, 0) is 37.7 Å². The monoisotopic (exact) mass is 317 g/mol. The van der Waals surface area contributed by atoms with Crippen molar-refractivity contribution in [2.75, 3.05) is 26.9 Å². The van der Waals surface area contributed by atoms with Gasteiger partial charge in [-0.1, -0.05) is 18.2 Å². The minimum absolute atomic E-state index is 0.243. The van der Waals surface area contributed by atoms with Gasteiger partial charge in [0, 0.05) is 31.3 Å². The molecule has 2 aliphatic carbocycles. The van der Waals surface area contributed by atoms with Gasteiger partial charge < -0.3 is 14.2 Å². The van der Waals surface area contributed by atoms with Crippen LogP contribution in [0.5, 0.6) is 5.75 Å². The molecule has 2 bridgehead atoms. The molecule has 3 aliphatic rings. The van der Waals surface area contributed by atoms with Gasteiger partial charge in [-0.2, -0.15) is 0 Å². The number of hydrogen-bond acceptors (Lipinski definition) is 4. The van der Waals surface area contributed by atoms with Crippen molar-refractivity contribution in [3.8, 4) is 5.75 Å². The number of hydrogen-bond donors (Lipinski definition) is 0. The van der Waals surface area contributed by atoms with E-state index in [1.54, 1.807) is 7.11 Å². The van der Waals surface area contributed by atoms with Gasteiger partial charge in [-0.25, -0.2) is 0 Å². The van der Waals surface area contributed by atoms with Gasteiger partial charge in [0.05, 0.1) is 25.9 Å². The highest BCUT2D eigenvalue weighted by Crippen LogP contribution is 2.36. The summed E-state index contributed by atoms with van der Waals surface area (Å²) in [5.41, 5.74) is 1.25. The van der Waals surface area contributed by atoms with E-state index in [-0.39, 0.29) is 6.10 Å². The van der Waals surface area contributed by atoms with Crippen LogP contribution in [0.3, 0.4) is 0 Å². The summed E-state index contributed by atoms with van der Waals surface area (Å²) in [6.45, 7) is 3.61. The predicted molar refractivity (Wildman–Crippen MR) is 88.6 cm³/mol. The summed E-state index contributed by atoms with van der Waals surface area (Å²) in [4.78, 5) is 2.54. The zero-order valence-corrected chi connectivity index (χ0v) is 13.9. The molecular formula is C19H27NO3. The van der Waals surface area contributed by atoms with Crippen molar-refractivity contribution in [1.29, 1.82) is 0 Å². The Balaban J connectivity index is 1.48. The Morgan fingerprint density at radius 2 is 2.04 bits per heavy atom. The maximum absolute atomic E-state index is 6.30. The first-order chi connectivity index (χ1) is 11.3. The van der Waals surface area contributed by atoms with Crippen molar-refractivity contribution >= 4 is 0 Å². The van der Waals surface area contributed by atoms with Crippen LogP contribution in [0.1, 0.15) is 31.2 Å². The van der Waals surface area contributed by atoms with Gasteiger partial charge in [0.2, 0.25) is 0 Å². The maximum atomic E-state index is 6.30. The number of rotatable bonds is 6. The first kappa shape index (κ1) is 15.4. The molecule has 0 aromatic heterocycles. The van der Waals surface area contributed by atoms with Crippen LogP contribution in [0.15, 0.2) is 24.3 Å². The van der Waals surface area contributed by atoms with E-state index in [1.807, 2.05) is 12.1 Å². The molecular weight excluding hydrogens is 290 g/mol. The van der Waals surface area contributed by atoms with Crippen molar-refractivity contribution in [1.82, 2.24) is 4.90 Å². The Kier molecular flexibility index (Phi) is 4.56. The fourth-order valence-electron chi connectivity index (χ4n) is 3.97. The Morgan fingerprint density at radius 1 is 1.17 bits per heavy atom. The second kappa shape index (κ2) is 6.80. The number of para-hydroxylation sites is 1. The van der Waals surface area contributed by atoms with Gasteiger partial charge in [0.1, 0.15) is 5.75 Å². The lowest BCUT2D eigenvalue weighted by Gasteiger charge is -2.31. The van der Waals surface area contributed by atoms with Crippen LogP contribution in [0.4, 0.5) is 0 Å². The summed E-state index contributed by atoms with van der Waals surface area (Å²) >= 11 is 0. The van der Waals surface area contributed by atoms with Crippen LogP contribution in [0.25, 0.3) is 0 Å². The topological polar surface area (TPSA) is 30.9 Å². The van der Waals surface area contributed by atoms with E-state index in [0.717, 1.165) is 44.4 Å². The molecule has 4 heteroatoms. The summed E-state index contributed by atoms with van der Waals surface area (Å²) in [7, 11) is 1.75. The number of fused-ring (bicyclic) bond motifs is 2. The van der Waals surface area contributed by atoms with E-state index in [4.69, 9.17) is 14.2 Å². The summed E-state index contributed by atoms with van der Waals surface area (Å²) in [6, 6.07) is 8.80. The molecule has 1 saturated heterocycles. The van der Waals surface area contributed by atoms with Crippen molar-refractivity contribution in [2.24, 2.45) is 5.92 Å². The van der Waals surface area contributed by atoms with E-state index in [2.05, 4.69) is 17.0 Å². The fourth-order valence-corrected chi connectivity index (χ4v) is 3.97. The molecule has 1 aromatic carbocycles. The van der Waals surface area contributed by atoms with E-state index >= 15 is 0 Å². The van der Waals surface area contributed by atoms with E-state index in [0.29, 0.717) is 12.1 Å². The molecule has 23 heavy (non-hydrogen) atoms. The standard InChI is InChI=1S/C19H27NO3/c1-21-17-5-3-2-4-15(17)12-20-10-11-22-18-9-8-16(20)19(18)23-13-14-6-7-14/h2-5,14,16,18-19H,6-13H2,1H3. The van der Waals surface area contributed by atoms with Gasteiger partial charge in [0.15, 0.2) is 0 Å². The zero-order valence-electron chi connectivity index (χ0n) is 13.9. The molecule has 1 heterocycles. The van der Waals surface area contributed by atoms with Crippen molar-refractivity contribution in [3.05, 3.63) is 29.8 Å². The fraction of sp³-hybridized carbons (Fsp3) is 0.684. The largest absolute Gasteiger partial charge is 0.496 e. The molecule has 126 valence electrons. The van der Waals surface area contributed by atoms with E-state index in [1.165, 1.54) is 24.8 Å². The van der Waals surface area contributed by atoms with Crippen LogP contribution >= 0.6 is 0 Å². The first-order valence-electron chi connectivity index (χ1n) is 8.94. The predicted octanol–water partition coefficient (Wildman–Crippen LogP) is 2.85. The summed E-state index contributed by atoms with van der Waals surface area (Å²) in [5, 5.41) is 0. The molecule has 0 N–H and O–H groups in total. The number of methoxy groups -OCH3 is 1. The third kappa shape index (κ3) is 3.39. The molecule has 4 rings (SSSR count). The number of nitrogens with zero attached hydrogens (tertiary/aromatic N) is 1. The molecule has 1 aromatic rings. The molecule has 0 radical (unpaired) electrons. The smallest absolute Gasteiger partial charge is 0.123 e. The summed E-state index contributed by atoms with van der Waals surface area (Å²) in [5.74, 6) is 1.78. The number of ether oxygens (including phenoxy) is 3. The Bertz CT molecular complexity index is 531. The molecule has 4 nitrogen and oxygen atoms in total. The Hall–Kier alpha value is -1.10. The lowest BCUT2D eigenvalue weighted by molar-refractivity contribution is -0.0572. The highest BCUT2D eigenvalue weighted by atomic mass is 16.5. The molecule has 0 amide bonds. The van der Waals surface area contributed by atoms with Gasteiger partial charge in [0.25, 0.3) is 0 Å². The Labute approximate surface area is 138 Å². The van der Waals surface area contributed by atoms with Crippen molar-refractivity contribution in [2.45, 2.75) is 50.5 Å². The minimum Gasteiger partial charge on any atom is -0.496 e. The number of benzene rings is 1. The van der Waals surface area contributed by atoms with E-state index in [9.17, 15) is 0 Å². The molecule has 3 atom stereocenters. The highest BCUT2D eigenvalue weighted by Gasteiger charge is 2.43. The van der Waals surface area contributed by atoms with Crippen LogP contribution in [-0.4, -0.2) is 50.0 Å². The van der Waals surface area contributed by atoms with Crippen LogP contribution in [0, 0.1) is 5.92 Å². The highest BCUT2D eigenvalue weighted by molar-refractivity contribution is 5.33. The quantitative estimate of drug-likeness (QED) is 0.807. The van der Waals surface area contributed by atoms with E-state index < -0.39 is 0 Å². The minimum atomic E-state index is 0.243. The lowest BCUT2D eigenvalue weighted by Crippen LogP contribution is -2.43. The van der Waals surface area contributed by atoms with Gasteiger partial charge >= 0.3 is 0 Å². The molecule has 3 unspecified atom stereocenters. The molecule has 1 aliphatic heterocycles. The third-order valence-corrected chi connectivity index (χ3v) is 5.46. The summed E-state index contributed by atoms with van der Waals surface area (Å²) < 4.78 is 17.9. The lowest BCUT2D eigenvalue weighted by atomic mass is 10.1. The van der Waals surface area contributed by atoms with Crippen molar-refractivity contribution < 1.29 is 14.2 Å². The SMILES string of the molecule is COc1ccccc1CN1CCOC2CCC1C2OCC1CC1. The molecule has 2 saturated carbocycles. The van der Waals surface area contributed by atoms with Crippen molar-refractivity contribution in [3.63, 3.8) is 0 Å². The van der Waals surface area contributed by atoms with Crippen LogP contribution < -0.4 is 4.74 Å². The van der Waals surface area contributed by atoms with Gasteiger partial charge in [-0.3, -0.25) is 4.90 Å².